The largest absolute Gasteiger partial charge is 0.808 e. The van der Waals surface area contributed by atoms with Crippen molar-refractivity contribution < 1.29 is 38.2 Å². The summed E-state index contributed by atoms with van der Waals surface area (Å²) in [6, 6.07) is 0. The van der Waals surface area contributed by atoms with Crippen molar-refractivity contribution in [3.8, 4) is 0 Å². The first kappa shape index (κ1) is 32.2. The van der Waals surface area contributed by atoms with Crippen molar-refractivity contribution >= 4 is 15.2 Å². The monoisotopic (exact) mass is 500 g/mol. The minimum Gasteiger partial charge on any atom is -0.808 e. The number of hydrogen-bond acceptors (Lipinski definition) is 9. The van der Waals surface area contributed by atoms with Crippen molar-refractivity contribution in [2.24, 2.45) is 5.73 Å². The standard InChI is InChI=1S/C21H47NO8P2/c1-2-3-4-5-6-7-8-9-10-11-12-13-14-15-17-29-18-16-19-30-32(27,28)21(23,20-22)31(24,25)26/h23H,2-20,22H2,1H3,(H,27,28)(H2,24,25,26)/p-3. The van der Waals surface area contributed by atoms with E-state index in [2.05, 4.69) is 11.4 Å². The van der Waals surface area contributed by atoms with Gasteiger partial charge in [0.25, 0.3) is 0 Å². The first-order chi connectivity index (χ1) is 15.1. The molecule has 0 aromatic carbocycles. The third-order valence-electron chi connectivity index (χ3n) is 5.49. The second-order valence-corrected chi connectivity index (χ2v) is 12.4. The molecule has 0 saturated carbocycles. The van der Waals surface area contributed by atoms with E-state index in [1.165, 1.54) is 77.0 Å². The molecule has 0 aromatic rings. The van der Waals surface area contributed by atoms with E-state index in [0.29, 0.717) is 6.61 Å². The summed E-state index contributed by atoms with van der Waals surface area (Å²) in [6.07, 6.45) is 18.0. The summed E-state index contributed by atoms with van der Waals surface area (Å²) in [7, 11) is -11.3. The van der Waals surface area contributed by atoms with Gasteiger partial charge < -0.3 is 43.9 Å². The van der Waals surface area contributed by atoms with Crippen LogP contribution in [0.5, 0.6) is 0 Å². The molecule has 0 aliphatic rings. The predicted octanol–water partition coefficient (Wildman–Crippen LogP) is 2.96. The molecular formula is C21H44NO8P2-3. The van der Waals surface area contributed by atoms with Crippen molar-refractivity contribution in [3.63, 3.8) is 0 Å². The van der Waals surface area contributed by atoms with E-state index < -0.39 is 33.4 Å². The van der Waals surface area contributed by atoms with Gasteiger partial charge in [-0.15, -0.1) is 0 Å². The maximum absolute atomic E-state index is 11.8. The molecule has 2 unspecified atom stereocenters. The van der Waals surface area contributed by atoms with Crippen LogP contribution in [0.1, 0.15) is 103 Å². The lowest BCUT2D eigenvalue weighted by Gasteiger charge is -2.50. The van der Waals surface area contributed by atoms with Crippen LogP contribution in [0.4, 0.5) is 0 Å². The number of aliphatic hydroxyl groups is 1. The summed E-state index contributed by atoms with van der Waals surface area (Å²) in [4.78, 5) is 33.8. The molecule has 0 aromatic heterocycles. The average Bonchev–Trinajstić information content (AvgIpc) is 2.73. The van der Waals surface area contributed by atoms with E-state index in [0.717, 1.165) is 12.8 Å². The van der Waals surface area contributed by atoms with Crippen LogP contribution in [0.3, 0.4) is 0 Å². The van der Waals surface area contributed by atoms with Gasteiger partial charge in [-0.1, -0.05) is 90.4 Å². The molecule has 2 atom stereocenters. The fourth-order valence-corrected chi connectivity index (χ4v) is 5.72. The summed E-state index contributed by atoms with van der Waals surface area (Å²) in [5.41, 5.74) is 4.95. The van der Waals surface area contributed by atoms with E-state index in [-0.39, 0.29) is 13.0 Å². The lowest BCUT2D eigenvalue weighted by molar-refractivity contribution is -0.328. The fraction of sp³-hybridized carbons (Fsp3) is 1.00. The Bertz CT molecular complexity index is 546. The summed E-state index contributed by atoms with van der Waals surface area (Å²) >= 11 is 0. The highest BCUT2D eigenvalue weighted by molar-refractivity contribution is 7.70. The third kappa shape index (κ3) is 13.8. The Morgan fingerprint density at radius 1 is 0.719 bits per heavy atom. The van der Waals surface area contributed by atoms with Crippen LogP contribution in [0.15, 0.2) is 0 Å². The zero-order valence-corrected chi connectivity index (χ0v) is 21.5. The maximum atomic E-state index is 11.8. The molecule has 194 valence electrons. The van der Waals surface area contributed by atoms with Crippen LogP contribution in [-0.4, -0.2) is 36.6 Å². The first-order valence-corrected chi connectivity index (χ1v) is 15.2. The predicted molar refractivity (Wildman–Crippen MR) is 121 cm³/mol. The minimum absolute atomic E-state index is 0.174. The molecule has 0 aliphatic heterocycles. The van der Waals surface area contributed by atoms with Gasteiger partial charge in [0.15, 0.2) is 12.7 Å². The lowest BCUT2D eigenvalue weighted by atomic mass is 10.0. The summed E-state index contributed by atoms with van der Waals surface area (Å²) < 4.78 is 32.6. The van der Waals surface area contributed by atoms with Gasteiger partial charge in [-0.25, -0.2) is 0 Å². The normalized spacial score (nSPS) is 16.1. The third-order valence-corrected chi connectivity index (χ3v) is 9.60. The van der Waals surface area contributed by atoms with Crippen LogP contribution in [0.25, 0.3) is 0 Å². The van der Waals surface area contributed by atoms with Crippen LogP contribution in [0, 0.1) is 0 Å². The van der Waals surface area contributed by atoms with Crippen LogP contribution >= 0.6 is 15.2 Å². The Labute approximate surface area is 194 Å². The SMILES string of the molecule is CCCCCCCCCCCCCCCCOCCCOP(=O)([O-])C(O)(CN)P(=O)([O-])[O-]. The molecule has 0 radical (unpaired) electrons. The molecule has 32 heavy (non-hydrogen) atoms. The molecule has 9 nitrogen and oxygen atoms in total. The highest BCUT2D eigenvalue weighted by Crippen LogP contribution is 2.63. The molecule has 0 bridgehead atoms. The van der Waals surface area contributed by atoms with E-state index in [4.69, 9.17) is 10.5 Å². The molecule has 0 amide bonds. The molecule has 0 fully saturated rings. The molecule has 11 heteroatoms. The maximum Gasteiger partial charge on any atom is 0.172 e. The molecule has 0 heterocycles. The van der Waals surface area contributed by atoms with Crippen molar-refractivity contribution in [1.29, 1.82) is 0 Å². The number of hydrogen-bond donors (Lipinski definition) is 2. The minimum atomic E-state index is -5.91. The number of nitrogens with two attached hydrogens (primary N) is 1. The van der Waals surface area contributed by atoms with Gasteiger partial charge in [-0.05, 0) is 20.4 Å². The summed E-state index contributed by atoms with van der Waals surface area (Å²) in [6.45, 7) is 1.34. The second-order valence-electron chi connectivity index (χ2n) is 8.37. The van der Waals surface area contributed by atoms with Gasteiger partial charge in [0.05, 0.1) is 6.61 Å². The van der Waals surface area contributed by atoms with E-state index in [1.807, 2.05) is 0 Å². The Kier molecular flexibility index (Phi) is 18.6. The fourth-order valence-electron chi connectivity index (χ4n) is 3.32. The number of rotatable bonds is 23. The van der Waals surface area contributed by atoms with Gasteiger partial charge in [-0.3, -0.25) is 0 Å². The number of ether oxygens (including phenoxy) is 1. The van der Waals surface area contributed by atoms with E-state index >= 15 is 0 Å². The highest BCUT2D eigenvalue weighted by atomic mass is 31.2. The van der Waals surface area contributed by atoms with Crippen molar-refractivity contribution in [2.45, 2.75) is 108 Å². The molecule has 3 N–H and O–H groups in total. The van der Waals surface area contributed by atoms with Crippen molar-refractivity contribution in [3.05, 3.63) is 0 Å². The quantitative estimate of drug-likeness (QED) is 0.158. The highest BCUT2D eigenvalue weighted by Gasteiger charge is 2.42. The first-order valence-electron chi connectivity index (χ1n) is 12.1. The van der Waals surface area contributed by atoms with Gasteiger partial charge in [0, 0.05) is 19.8 Å². The average molecular weight is 501 g/mol. The lowest BCUT2D eigenvalue weighted by Crippen LogP contribution is -2.48. The Hall–Kier alpha value is 0.180. The van der Waals surface area contributed by atoms with Crippen LogP contribution in [-0.2, 0) is 18.4 Å². The van der Waals surface area contributed by atoms with E-state index in [9.17, 15) is 28.9 Å². The zero-order valence-electron chi connectivity index (χ0n) is 19.7. The van der Waals surface area contributed by atoms with Gasteiger partial charge in [-0.2, -0.15) is 0 Å². The molecular weight excluding hydrogens is 456 g/mol. The molecule has 0 spiro atoms. The summed E-state index contributed by atoms with van der Waals surface area (Å²) in [5.74, 6) is 0. The summed E-state index contributed by atoms with van der Waals surface area (Å²) in [5, 5.41) is 5.96. The Morgan fingerprint density at radius 2 is 1.12 bits per heavy atom. The van der Waals surface area contributed by atoms with Gasteiger partial charge in [0.2, 0.25) is 0 Å². The van der Waals surface area contributed by atoms with E-state index in [1.54, 1.807) is 0 Å². The molecule has 0 rings (SSSR count). The second kappa shape index (κ2) is 18.5. The van der Waals surface area contributed by atoms with Gasteiger partial charge >= 0.3 is 0 Å². The smallest absolute Gasteiger partial charge is 0.172 e. The molecule has 0 saturated heterocycles. The topological polar surface area (TPSA) is 168 Å². The van der Waals surface area contributed by atoms with Crippen molar-refractivity contribution in [2.75, 3.05) is 26.4 Å². The Balaban J connectivity index is 3.52. The van der Waals surface area contributed by atoms with Crippen LogP contribution in [0.2, 0.25) is 0 Å². The van der Waals surface area contributed by atoms with Crippen molar-refractivity contribution in [1.82, 2.24) is 0 Å². The Morgan fingerprint density at radius 3 is 1.53 bits per heavy atom. The van der Waals surface area contributed by atoms with Crippen LogP contribution < -0.4 is 20.4 Å². The van der Waals surface area contributed by atoms with Gasteiger partial charge in [0.1, 0.15) is 0 Å². The zero-order chi connectivity index (χ0) is 24.3. The molecule has 0 aliphatic carbocycles. The number of unbranched alkanes of at least 4 members (excludes halogenated alkanes) is 13.